The monoisotopic (exact) mass is 309 g/mol. The number of hydrogen-bond acceptors (Lipinski definition) is 1. The minimum absolute atomic E-state index is 0.430. The summed E-state index contributed by atoms with van der Waals surface area (Å²) < 4.78 is 1.21. The summed E-state index contributed by atoms with van der Waals surface area (Å²) in [4.78, 5) is 0. The molecule has 3 atom stereocenters. The van der Waals surface area contributed by atoms with Crippen LogP contribution >= 0.6 is 15.9 Å². The first-order chi connectivity index (χ1) is 8.66. The summed E-state index contributed by atoms with van der Waals surface area (Å²) >= 11 is 3.65. The quantitative estimate of drug-likeness (QED) is 0.769. The lowest BCUT2D eigenvalue weighted by Crippen LogP contribution is -2.31. The van der Waals surface area contributed by atoms with Crippen LogP contribution in [-0.2, 0) is 0 Å². The third-order valence-electron chi connectivity index (χ3n) is 4.11. The Bertz CT molecular complexity index is 377. The van der Waals surface area contributed by atoms with Gasteiger partial charge < -0.3 is 5.32 Å². The van der Waals surface area contributed by atoms with Crippen molar-refractivity contribution in [1.29, 1.82) is 0 Å². The van der Waals surface area contributed by atoms with Crippen molar-refractivity contribution in [2.24, 2.45) is 5.92 Å². The number of benzene rings is 1. The van der Waals surface area contributed by atoms with E-state index in [1.54, 1.807) is 0 Å². The zero-order valence-corrected chi connectivity index (χ0v) is 13.0. The Hall–Kier alpha value is -0.340. The van der Waals surface area contributed by atoms with Gasteiger partial charge in [0, 0.05) is 16.6 Å². The van der Waals surface area contributed by atoms with Crippen LogP contribution in [0.1, 0.15) is 57.6 Å². The molecule has 0 amide bonds. The minimum atomic E-state index is 0.430. The van der Waals surface area contributed by atoms with Crippen molar-refractivity contribution in [2.75, 3.05) is 0 Å². The van der Waals surface area contributed by atoms with Crippen LogP contribution in [0.25, 0.3) is 0 Å². The molecule has 2 rings (SSSR count). The molecule has 0 spiro atoms. The van der Waals surface area contributed by atoms with Crippen LogP contribution in [0.15, 0.2) is 28.7 Å². The van der Waals surface area contributed by atoms with E-state index in [0.717, 1.165) is 5.92 Å². The summed E-state index contributed by atoms with van der Waals surface area (Å²) in [6.45, 7) is 4.66. The molecule has 0 saturated heterocycles. The number of hydrogen-bond donors (Lipinski definition) is 1. The first-order valence-corrected chi connectivity index (χ1v) is 7.96. The Balaban J connectivity index is 1.94. The number of rotatable bonds is 3. The summed E-state index contributed by atoms with van der Waals surface area (Å²) in [6, 6.07) is 9.65. The first-order valence-electron chi connectivity index (χ1n) is 7.17. The molecule has 1 nitrogen and oxygen atoms in total. The highest BCUT2D eigenvalue weighted by molar-refractivity contribution is 9.10. The van der Waals surface area contributed by atoms with Crippen molar-refractivity contribution in [3.8, 4) is 0 Å². The van der Waals surface area contributed by atoms with Crippen LogP contribution in [0, 0.1) is 5.92 Å². The van der Waals surface area contributed by atoms with E-state index >= 15 is 0 Å². The van der Waals surface area contributed by atoms with E-state index < -0.39 is 0 Å². The van der Waals surface area contributed by atoms with E-state index in [2.05, 4.69) is 59.4 Å². The zero-order chi connectivity index (χ0) is 13.0. The highest BCUT2D eigenvalue weighted by Crippen LogP contribution is 2.27. The van der Waals surface area contributed by atoms with Gasteiger partial charge in [-0.2, -0.15) is 0 Å². The molecule has 0 aromatic heterocycles. The van der Waals surface area contributed by atoms with Crippen LogP contribution in [0.3, 0.4) is 0 Å². The van der Waals surface area contributed by atoms with Gasteiger partial charge in [-0.1, -0.05) is 53.9 Å². The predicted molar refractivity (Wildman–Crippen MR) is 81.7 cm³/mol. The van der Waals surface area contributed by atoms with E-state index in [9.17, 15) is 0 Å². The molecule has 1 aromatic rings. The average Bonchev–Trinajstić information content (AvgIpc) is 2.55. The Kier molecular flexibility index (Phi) is 5.25. The molecular weight excluding hydrogens is 286 g/mol. The SMILES string of the molecule is CC1CCCC(N[C@@H](C)c2ccccc2Br)CC1. The van der Waals surface area contributed by atoms with E-state index in [1.807, 2.05) is 0 Å². The van der Waals surface area contributed by atoms with Gasteiger partial charge in [0.25, 0.3) is 0 Å². The van der Waals surface area contributed by atoms with Gasteiger partial charge in [0.2, 0.25) is 0 Å². The molecule has 0 heterocycles. The summed E-state index contributed by atoms with van der Waals surface area (Å²) in [7, 11) is 0. The highest BCUT2D eigenvalue weighted by atomic mass is 79.9. The maximum absolute atomic E-state index is 3.81. The van der Waals surface area contributed by atoms with Crippen molar-refractivity contribution in [1.82, 2.24) is 5.32 Å². The van der Waals surface area contributed by atoms with Gasteiger partial charge in [-0.15, -0.1) is 0 Å². The Morgan fingerprint density at radius 1 is 1.17 bits per heavy atom. The average molecular weight is 310 g/mol. The van der Waals surface area contributed by atoms with Crippen LogP contribution in [0.4, 0.5) is 0 Å². The highest BCUT2D eigenvalue weighted by Gasteiger charge is 2.18. The standard InChI is InChI=1S/C16H24BrN/c1-12-6-5-7-14(11-10-12)18-13(2)15-8-3-4-9-16(15)17/h3-4,8-9,12-14,18H,5-7,10-11H2,1-2H3/t12?,13-,14?/m0/s1. The topological polar surface area (TPSA) is 12.0 Å². The van der Waals surface area contributed by atoms with Crippen molar-refractivity contribution in [3.05, 3.63) is 34.3 Å². The van der Waals surface area contributed by atoms with E-state index in [-0.39, 0.29) is 0 Å². The third kappa shape index (κ3) is 3.83. The fraction of sp³-hybridized carbons (Fsp3) is 0.625. The van der Waals surface area contributed by atoms with Gasteiger partial charge in [0.1, 0.15) is 0 Å². The molecule has 1 saturated carbocycles. The number of nitrogens with one attached hydrogen (secondary N) is 1. The molecule has 2 unspecified atom stereocenters. The Morgan fingerprint density at radius 2 is 1.94 bits per heavy atom. The van der Waals surface area contributed by atoms with Crippen molar-refractivity contribution < 1.29 is 0 Å². The molecule has 1 aliphatic carbocycles. The second kappa shape index (κ2) is 6.72. The molecule has 1 aromatic carbocycles. The summed E-state index contributed by atoms with van der Waals surface area (Å²) in [6.07, 6.45) is 6.82. The molecule has 2 heteroatoms. The maximum atomic E-state index is 3.81. The molecule has 18 heavy (non-hydrogen) atoms. The van der Waals surface area contributed by atoms with Crippen molar-refractivity contribution in [2.45, 2.75) is 58.0 Å². The molecule has 1 N–H and O–H groups in total. The van der Waals surface area contributed by atoms with Gasteiger partial charge in [0.15, 0.2) is 0 Å². The van der Waals surface area contributed by atoms with Crippen LogP contribution in [0.2, 0.25) is 0 Å². The van der Waals surface area contributed by atoms with Gasteiger partial charge >= 0.3 is 0 Å². The van der Waals surface area contributed by atoms with Crippen LogP contribution in [-0.4, -0.2) is 6.04 Å². The van der Waals surface area contributed by atoms with Gasteiger partial charge in [0.05, 0.1) is 0 Å². The van der Waals surface area contributed by atoms with E-state index in [1.165, 1.54) is 42.1 Å². The van der Waals surface area contributed by atoms with Gasteiger partial charge in [-0.05, 0) is 43.7 Å². The normalized spacial score (nSPS) is 26.6. The largest absolute Gasteiger partial charge is 0.307 e. The fourth-order valence-electron chi connectivity index (χ4n) is 2.92. The molecule has 1 fully saturated rings. The second-order valence-corrected chi connectivity index (χ2v) is 6.57. The van der Waals surface area contributed by atoms with Gasteiger partial charge in [-0.25, -0.2) is 0 Å². The maximum Gasteiger partial charge on any atom is 0.0305 e. The van der Waals surface area contributed by atoms with Crippen LogP contribution < -0.4 is 5.32 Å². The Labute approximate surface area is 119 Å². The minimum Gasteiger partial charge on any atom is -0.307 e. The molecular formula is C16H24BrN. The lowest BCUT2D eigenvalue weighted by Gasteiger charge is -2.23. The molecule has 100 valence electrons. The Morgan fingerprint density at radius 3 is 2.72 bits per heavy atom. The van der Waals surface area contributed by atoms with Gasteiger partial charge in [-0.3, -0.25) is 0 Å². The molecule has 0 radical (unpaired) electrons. The molecule has 0 aliphatic heterocycles. The molecule has 1 aliphatic rings. The predicted octanol–water partition coefficient (Wildman–Crippen LogP) is 5.07. The summed E-state index contributed by atoms with van der Waals surface area (Å²) in [5.74, 6) is 0.913. The van der Waals surface area contributed by atoms with Crippen molar-refractivity contribution >= 4 is 15.9 Å². The molecule has 0 bridgehead atoms. The van der Waals surface area contributed by atoms with E-state index in [0.29, 0.717) is 12.1 Å². The van der Waals surface area contributed by atoms with Crippen molar-refractivity contribution in [3.63, 3.8) is 0 Å². The lowest BCUT2D eigenvalue weighted by molar-refractivity contribution is 0.407. The smallest absolute Gasteiger partial charge is 0.0305 e. The lowest BCUT2D eigenvalue weighted by atomic mass is 10.0. The fourth-order valence-corrected chi connectivity index (χ4v) is 3.55. The second-order valence-electron chi connectivity index (χ2n) is 5.72. The first kappa shape index (κ1) is 14.1. The van der Waals surface area contributed by atoms with Crippen LogP contribution in [0.5, 0.6) is 0 Å². The number of halogens is 1. The zero-order valence-electron chi connectivity index (χ0n) is 11.5. The van der Waals surface area contributed by atoms with E-state index in [4.69, 9.17) is 0 Å². The third-order valence-corrected chi connectivity index (χ3v) is 4.84. The summed E-state index contributed by atoms with van der Waals surface area (Å²) in [5.41, 5.74) is 1.37. The summed E-state index contributed by atoms with van der Waals surface area (Å²) in [5, 5.41) is 3.81.